The fraction of sp³-hybridized carbons (Fsp3) is 0.333. The Balaban J connectivity index is 3.41. The van der Waals surface area contributed by atoms with E-state index in [9.17, 15) is 9.90 Å². The quantitative estimate of drug-likeness (QED) is 0.724. The second-order valence-electron chi connectivity index (χ2n) is 2.85. The van der Waals surface area contributed by atoms with Crippen LogP contribution in [0.1, 0.15) is 19.0 Å². The summed E-state index contributed by atoms with van der Waals surface area (Å²) in [6.07, 6.45) is 2.62. The monoisotopic (exact) mass is 224 g/mol. The van der Waals surface area contributed by atoms with Gasteiger partial charge in [-0.05, 0) is 6.42 Å². The standard InChI is InChI=1S/C9H8ClN3O2/c1-2-9(5-11,8(14)15)6-7(10)13-4-3-12-6/h3-4H,2H2,1H3,(H,14,15)/p-1. The summed E-state index contributed by atoms with van der Waals surface area (Å²) in [7, 11) is 0. The second kappa shape index (κ2) is 4.24. The van der Waals surface area contributed by atoms with Gasteiger partial charge in [0, 0.05) is 12.4 Å². The van der Waals surface area contributed by atoms with E-state index in [1.807, 2.05) is 0 Å². The van der Waals surface area contributed by atoms with Gasteiger partial charge in [-0.3, -0.25) is 4.98 Å². The van der Waals surface area contributed by atoms with Crippen molar-refractivity contribution in [3.63, 3.8) is 0 Å². The minimum atomic E-state index is -1.83. The van der Waals surface area contributed by atoms with Gasteiger partial charge in [-0.1, -0.05) is 18.5 Å². The Labute approximate surface area is 91.3 Å². The van der Waals surface area contributed by atoms with Crippen molar-refractivity contribution >= 4 is 17.6 Å². The highest BCUT2D eigenvalue weighted by molar-refractivity contribution is 6.30. The molecule has 0 fully saturated rings. The average molecular weight is 225 g/mol. The summed E-state index contributed by atoms with van der Waals surface area (Å²) >= 11 is 5.69. The van der Waals surface area contributed by atoms with Crippen molar-refractivity contribution in [1.29, 1.82) is 5.26 Å². The number of aromatic nitrogens is 2. The van der Waals surface area contributed by atoms with Crippen LogP contribution in [0, 0.1) is 11.3 Å². The smallest absolute Gasteiger partial charge is 0.152 e. The largest absolute Gasteiger partial charge is 0.548 e. The Kier molecular flexibility index (Phi) is 3.22. The van der Waals surface area contributed by atoms with Crippen molar-refractivity contribution in [3.8, 4) is 6.07 Å². The van der Waals surface area contributed by atoms with Crippen LogP contribution >= 0.6 is 11.6 Å². The summed E-state index contributed by atoms with van der Waals surface area (Å²) in [5, 5.41) is 19.8. The fourth-order valence-electron chi connectivity index (χ4n) is 1.19. The summed E-state index contributed by atoms with van der Waals surface area (Å²) in [6.45, 7) is 1.55. The lowest BCUT2D eigenvalue weighted by Crippen LogP contribution is -2.45. The summed E-state index contributed by atoms with van der Waals surface area (Å²) < 4.78 is 0. The van der Waals surface area contributed by atoms with Crippen molar-refractivity contribution in [1.82, 2.24) is 9.97 Å². The van der Waals surface area contributed by atoms with E-state index in [1.165, 1.54) is 12.4 Å². The number of carboxylic acid groups (broad SMARTS) is 1. The number of carboxylic acids is 1. The van der Waals surface area contributed by atoms with Crippen LogP contribution in [-0.4, -0.2) is 15.9 Å². The van der Waals surface area contributed by atoms with Crippen LogP contribution < -0.4 is 5.11 Å². The number of rotatable bonds is 3. The minimum absolute atomic E-state index is 0.0181. The molecule has 0 aliphatic carbocycles. The first kappa shape index (κ1) is 11.4. The van der Waals surface area contributed by atoms with E-state index >= 15 is 0 Å². The molecule has 1 atom stereocenters. The lowest BCUT2D eigenvalue weighted by Gasteiger charge is -2.25. The molecule has 0 saturated carbocycles. The summed E-state index contributed by atoms with van der Waals surface area (Å²) in [5.74, 6) is -1.52. The topological polar surface area (TPSA) is 89.7 Å². The average Bonchev–Trinajstić information content (AvgIpc) is 2.22. The molecule has 6 heteroatoms. The number of carbonyl (C=O) groups excluding carboxylic acids is 1. The lowest BCUT2D eigenvalue weighted by atomic mass is 9.83. The zero-order valence-corrected chi connectivity index (χ0v) is 8.65. The SMILES string of the molecule is CCC(C#N)(C(=O)[O-])c1nccnc1Cl. The highest BCUT2D eigenvalue weighted by Gasteiger charge is 2.36. The molecule has 0 amide bonds. The van der Waals surface area contributed by atoms with Gasteiger partial charge in [0.15, 0.2) is 5.15 Å². The first-order valence-corrected chi connectivity index (χ1v) is 4.56. The molecule has 0 spiro atoms. The van der Waals surface area contributed by atoms with Crippen LogP contribution in [0.4, 0.5) is 0 Å². The third-order valence-corrected chi connectivity index (χ3v) is 2.40. The Morgan fingerprint density at radius 2 is 2.27 bits per heavy atom. The van der Waals surface area contributed by atoms with Crippen LogP contribution in [0.3, 0.4) is 0 Å². The first-order valence-electron chi connectivity index (χ1n) is 4.18. The molecule has 0 aliphatic rings. The molecule has 78 valence electrons. The molecule has 0 aliphatic heterocycles. The van der Waals surface area contributed by atoms with E-state index in [2.05, 4.69) is 9.97 Å². The highest BCUT2D eigenvalue weighted by atomic mass is 35.5. The van der Waals surface area contributed by atoms with Crippen molar-refractivity contribution in [2.24, 2.45) is 0 Å². The van der Waals surface area contributed by atoms with Crippen LogP contribution in [0.5, 0.6) is 0 Å². The van der Waals surface area contributed by atoms with E-state index in [0.29, 0.717) is 0 Å². The molecular formula is C9H7ClN3O2-. The van der Waals surface area contributed by atoms with Crippen molar-refractivity contribution in [2.75, 3.05) is 0 Å². The molecule has 1 rings (SSSR count). The van der Waals surface area contributed by atoms with Crippen LogP contribution in [-0.2, 0) is 10.2 Å². The van der Waals surface area contributed by atoms with Crippen molar-refractivity contribution < 1.29 is 9.90 Å². The van der Waals surface area contributed by atoms with Gasteiger partial charge in [0.2, 0.25) is 0 Å². The first-order chi connectivity index (χ1) is 7.08. The number of halogens is 1. The van der Waals surface area contributed by atoms with E-state index < -0.39 is 11.4 Å². The third kappa shape index (κ3) is 1.76. The van der Waals surface area contributed by atoms with E-state index in [4.69, 9.17) is 16.9 Å². The minimum Gasteiger partial charge on any atom is -0.548 e. The predicted octanol–water partition coefficient (Wildman–Crippen LogP) is 0.0513. The maximum atomic E-state index is 11.0. The van der Waals surface area contributed by atoms with Gasteiger partial charge in [0.05, 0.1) is 12.0 Å². The van der Waals surface area contributed by atoms with Gasteiger partial charge in [-0.15, -0.1) is 0 Å². The van der Waals surface area contributed by atoms with E-state index in [-0.39, 0.29) is 17.3 Å². The van der Waals surface area contributed by atoms with Gasteiger partial charge < -0.3 is 9.90 Å². The number of aliphatic carboxylic acids is 1. The molecule has 1 aromatic rings. The van der Waals surface area contributed by atoms with Gasteiger partial charge >= 0.3 is 0 Å². The predicted molar refractivity (Wildman–Crippen MR) is 49.6 cm³/mol. The number of hydrogen-bond donors (Lipinski definition) is 0. The molecule has 0 aromatic carbocycles. The molecule has 1 aromatic heterocycles. The van der Waals surface area contributed by atoms with Crippen LogP contribution in [0.25, 0.3) is 0 Å². The lowest BCUT2D eigenvalue weighted by molar-refractivity contribution is -0.311. The van der Waals surface area contributed by atoms with Crippen LogP contribution in [0.15, 0.2) is 12.4 Å². The van der Waals surface area contributed by atoms with Crippen molar-refractivity contribution in [2.45, 2.75) is 18.8 Å². The second-order valence-corrected chi connectivity index (χ2v) is 3.21. The molecule has 0 radical (unpaired) electrons. The number of nitrogens with zero attached hydrogens (tertiary/aromatic N) is 3. The normalized spacial score (nSPS) is 13.9. The van der Waals surface area contributed by atoms with E-state index in [1.54, 1.807) is 13.0 Å². The Morgan fingerprint density at radius 1 is 1.67 bits per heavy atom. The summed E-state index contributed by atoms with van der Waals surface area (Å²) in [4.78, 5) is 18.4. The molecule has 0 bridgehead atoms. The van der Waals surface area contributed by atoms with E-state index in [0.717, 1.165) is 0 Å². The maximum Gasteiger partial charge on any atom is 0.152 e. The van der Waals surface area contributed by atoms with Gasteiger partial charge in [-0.25, -0.2) is 4.98 Å². The summed E-state index contributed by atoms with van der Waals surface area (Å²) in [5.41, 5.74) is -1.90. The fourth-order valence-corrected chi connectivity index (χ4v) is 1.46. The number of hydrogen-bond acceptors (Lipinski definition) is 5. The molecule has 1 unspecified atom stereocenters. The zero-order chi connectivity index (χ0) is 11.5. The van der Waals surface area contributed by atoms with Crippen molar-refractivity contribution in [3.05, 3.63) is 23.2 Å². The molecule has 15 heavy (non-hydrogen) atoms. The zero-order valence-electron chi connectivity index (χ0n) is 7.90. The molecule has 5 nitrogen and oxygen atoms in total. The Bertz CT molecular complexity index is 430. The van der Waals surface area contributed by atoms with Crippen LogP contribution in [0.2, 0.25) is 5.15 Å². The third-order valence-electron chi connectivity index (χ3n) is 2.13. The highest BCUT2D eigenvalue weighted by Crippen LogP contribution is 2.29. The maximum absolute atomic E-state index is 11.0. The molecule has 1 heterocycles. The number of nitriles is 1. The van der Waals surface area contributed by atoms with Gasteiger partial charge in [0.1, 0.15) is 11.1 Å². The van der Waals surface area contributed by atoms with Gasteiger partial charge in [-0.2, -0.15) is 5.26 Å². The molecule has 0 saturated heterocycles. The molecular weight excluding hydrogens is 218 g/mol. The Morgan fingerprint density at radius 3 is 2.67 bits per heavy atom. The molecule has 0 N–H and O–H groups in total. The summed E-state index contributed by atoms with van der Waals surface area (Å²) in [6, 6.07) is 1.67. The Hall–Kier alpha value is -1.67. The van der Waals surface area contributed by atoms with Gasteiger partial charge in [0.25, 0.3) is 0 Å². The number of carbonyl (C=O) groups is 1.